The van der Waals surface area contributed by atoms with E-state index >= 15 is 0 Å². The zero-order valence-corrected chi connectivity index (χ0v) is 28.7. The molecule has 3 aliphatic heterocycles. The van der Waals surface area contributed by atoms with E-state index < -0.39 is 22.8 Å². The monoisotopic (exact) mass is 657 g/mol. The summed E-state index contributed by atoms with van der Waals surface area (Å²) in [6, 6.07) is 4.93. The summed E-state index contributed by atoms with van der Waals surface area (Å²) in [6.07, 6.45) is 1.54. The van der Waals surface area contributed by atoms with E-state index in [2.05, 4.69) is 28.6 Å². The van der Waals surface area contributed by atoms with Crippen LogP contribution in [-0.4, -0.2) is 119 Å². The van der Waals surface area contributed by atoms with Crippen molar-refractivity contribution in [3.63, 3.8) is 0 Å². The first-order chi connectivity index (χ1) is 22.0. The Hall–Kier alpha value is -3.19. The van der Waals surface area contributed by atoms with Gasteiger partial charge in [0.2, 0.25) is 5.91 Å². The predicted octanol–water partition coefficient (Wildman–Crippen LogP) is 3.97. The molecule has 0 saturated carbocycles. The van der Waals surface area contributed by atoms with Gasteiger partial charge in [-0.05, 0) is 52.3 Å². The number of hydrogen-bond donors (Lipinski definition) is 1. The molecule has 0 aliphatic carbocycles. The number of ether oxygens (including phenoxy) is 2. The summed E-state index contributed by atoms with van der Waals surface area (Å²) in [7, 11) is 0. The number of nitrogens with zero attached hydrogens (tertiary/aromatic N) is 5. The standard InChI is InChI=1S/C35H49F2N5O5/c1-23-16-39(27(18-41(23)32(45)47-33(2,3)4)17-40-10-11-46-22-35(40,7)21-43)19-31(44)42-20-34(5,6)28-15-38-26(14-30(28)42)12-24-8-9-25(36)13-29(24)37/h8-9,13-15,23,27,43H,10-12,16-22H2,1-7H3/t23-,27+,35+/m1/s1. The van der Waals surface area contributed by atoms with Gasteiger partial charge < -0.3 is 24.4 Å². The number of piperazine rings is 1. The van der Waals surface area contributed by atoms with Crippen molar-refractivity contribution in [2.75, 3.05) is 64.0 Å². The van der Waals surface area contributed by atoms with Crippen LogP contribution in [0.5, 0.6) is 0 Å². The highest BCUT2D eigenvalue weighted by atomic mass is 19.1. The van der Waals surface area contributed by atoms with Crippen molar-refractivity contribution in [2.24, 2.45) is 0 Å². The molecule has 0 bridgehead atoms. The zero-order chi connectivity index (χ0) is 34.3. The molecule has 2 amide bonds. The average Bonchev–Trinajstić information content (AvgIpc) is 3.26. The predicted molar refractivity (Wildman–Crippen MR) is 174 cm³/mol. The highest BCUT2D eigenvalue weighted by Gasteiger charge is 2.44. The van der Waals surface area contributed by atoms with Crippen molar-refractivity contribution >= 4 is 17.7 Å². The number of carbonyl (C=O) groups is 2. The lowest BCUT2D eigenvalue weighted by Gasteiger charge is -2.50. The molecule has 0 radical (unpaired) electrons. The maximum Gasteiger partial charge on any atom is 0.410 e. The molecule has 0 unspecified atom stereocenters. The van der Waals surface area contributed by atoms with Gasteiger partial charge in [0.05, 0.1) is 37.6 Å². The van der Waals surface area contributed by atoms with E-state index in [1.165, 1.54) is 12.1 Å². The fourth-order valence-corrected chi connectivity index (χ4v) is 6.83. The zero-order valence-electron chi connectivity index (χ0n) is 28.7. The number of anilines is 1. The molecule has 2 aromatic rings. The lowest BCUT2D eigenvalue weighted by Crippen LogP contribution is -2.66. The Morgan fingerprint density at radius 3 is 2.57 bits per heavy atom. The van der Waals surface area contributed by atoms with Crippen LogP contribution in [0, 0.1) is 11.6 Å². The maximum atomic E-state index is 14.5. The highest BCUT2D eigenvalue weighted by molar-refractivity contribution is 5.97. The number of hydrogen-bond acceptors (Lipinski definition) is 8. The van der Waals surface area contributed by atoms with Crippen LogP contribution in [0.15, 0.2) is 30.5 Å². The number of benzene rings is 1. The summed E-state index contributed by atoms with van der Waals surface area (Å²) in [6.45, 7) is 17.0. The van der Waals surface area contributed by atoms with Crippen molar-refractivity contribution in [3.05, 3.63) is 58.9 Å². The molecule has 12 heteroatoms. The van der Waals surface area contributed by atoms with Crippen LogP contribution in [0.3, 0.4) is 0 Å². The number of rotatable bonds is 7. The molecule has 1 N–H and O–H groups in total. The lowest BCUT2D eigenvalue weighted by atomic mass is 9.88. The number of aliphatic hydroxyl groups is 1. The molecule has 3 atom stereocenters. The van der Waals surface area contributed by atoms with Gasteiger partial charge in [-0.1, -0.05) is 19.9 Å². The summed E-state index contributed by atoms with van der Waals surface area (Å²) < 4.78 is 39.4. The van der Waals surface area contributed by atoms with E-state index in [0.717, 1.165) is 17.3 Å². The molecule has 258 valence electrons. The van der Waals surface area contributed by atoms with Crippen molar-refractivity contribution in [1.82, 2.24) is 19.7 Å². The van der Waals surface area contributed by atoms with Gasteiger partial charge in [0.25, 0.3) is 0 Å². The smallest absolute Gasteiger partial charge is 0.410 e. The third-order valence-electron chi connectivity index (χ3n) is 9.57. The molecule has 47 heavy (non-hydrogen) atoms. The molecular weight excluding hydrogens is 608 g/mol. The summed E-state index contributed by atoms with van der Waals surface area (Å²) in [5.74, 6) is -1.36. The second-order valence-electron chi connectivity index (χ2n) is 15.2. The van der Waals surface area contributed by atoms with Gasteiger partial charge in [-0.25, -0.2) is 13.6 Å². The fourth-order valence-electron chi connectivity index (χ4n) is 6.83. The van der Waals surface area contributed by atoms with E-state index in [0.29, 0.717) is 57.2 Å². The van der Waals surface area contributed by atoms with Crippen LogP contribution < -0.4 is 4.90 Å². The minimum atomic E-state index is -0.648. The number of pyridine rings is 1. The number of morpholine rings is 1. The molecule has 0 spiro atoms. The largest absolute Gasteiger partial charge is 0.444 e. The van der Waals surface area contributed by atoms with Gasteiger partial charge in [-0.2, -0.15) is 0 Å². The van der Waals surface area contributed by atoms with Gasteiger partial charge in [0.1, 0.15) is 17.2 Å². The average molecular weight is 658 g/mol. The van der Waals surface area contributed by atoms with E-state index in [9.17, 15) is 23.5 Å². The number of carbonyl (C=O) groups excluding carboxylic acids is 2. The first kappa shape index (κ1) is 35.1. The van der Waals surface area contributed by atoms with Crippen molar-refractivity contribution in [2.45, 2.75) is 83.5 Å². The second kappa shape index (κ2) is 13.4. The first-order valence-electron chi connectivity index (χ1n) is 16.4. The first-order valence-corrected chi connectivity index (χ1v) is 16.4. The van der Waals surface area contributed by atoms with E-state index in [4.69, 9.17) is 9.47 Å². The maximum absolute atomic E-state index is 14.5. The highest BCUT2D eigenvalue weighted by Crippen LogP contribution is 2.41. The van der Waals surface area contributed by atoms with E-state index in [1.54, 1.807) is 16.0 Å². The Balaban J connectivity index is 1.39. The number of amides is 2. The minimum Gasteiger partial charge on any atom is -0.444 e. The van der Waals surface area contributed by atoms with Gasteiger partial charge in [-0.3, -0.25) is 19.6 Å². The molecule has 5 rings (SSSR count). The third kappa shape index (κ3) is 7.77. The Kier molecular flexibility index (Phi) is 9.99. The van der Waals surface area contributed by atoms with Gasteiger partial charge >= 0.3 is 6.09 Å². The van der Waals surface area contributed by atoms with E-state index in [1.807, 2.05) is 40.7 Å². The number of aromatic nitrogens is 1. The van der Waals surface area contributed by atoms with Gasteiger partial charge in [-0.15, -0.1) is 0 Å². The van der Waals surface area contributed by atoms with Crippen LogP contribution in [0.1, 0.15) is 65.3 Å². The molecule has 1 aromatic carbocycles. The third-order valence-corrected chi connectivity index (χ3v) is 9.57. The Labute approximate surface area is 276 Å². The van der Waals surface area contributed by atoms with Crippen molar-refractivity contribution < 1.29 is 33.0 Å². The summed E-state index contributed by atoms with van der Waals surface area (Å²) >= 11 is 0. The molecule has 2 fully saturated rings. The van der Waals surface area contributed by atoms with Crippen molar-refractivity contribution in [3.8, 4) is 0 Å². The topological polar surface area (TPSA) is 98.7 Å². The van der Waals surface area contributed by atoms with E-state index in [-0.39, 0.29) is 49.1 Å². The van der Waals surface area contributed by atoms with Gasteiger partial charge in [0, 0.05) is 80.2 Å². The van der Waals surface area contributed by atoms with Crippen LogP contribution in [0.25, 0.3) is 0 Å². The molecule has 2 saturated heterocycles. The summed E-state index contributed by atoms with van der Waals surface area (Å²) in [4.78, 5) is 40.0. The summed E-state index contributed by atoms with van der Waals surface area (Å²) in [5, 5.41) is 10.3. The quantitative estimate of drug-likeness (QED) is 0.478. The number of fused-ring (bicyclic) bond motifs is 1. The molecular formula is C35H49F2N5O5. The van der Waals surface area contributed by atoms with Crippen molar-refractivity contribution in [1.29, 1.82) is 0 Å². The number of halogens is 2. The van der Waals surface area contributed by atoms with Gasteiger partial charge in [0.15, 0.2) is 0 Å². The second-order valence-corrected chi connectivity index (χ2v) is 15.2. The van der Waals surface area contributed by atoms with Crippen LogP contribution in [0.2, 0.25) is 0 Å². The SMILES string of the molecule is C[C@@H]1CN(CC(=O)N2CC(C)(C)c3cnc(Cc4ccc(F)cc4F)cc32)[C@@H](CN2CCOC[C@]2(C)CO)CN1C(=O)OC(C)(C)C. The normalized spacial score (nSPS) is 25.1. The minimum absolute atomic E-state index is 0.0807. The Morgan fingerprint density at radius 1 is 1.15 bits per heavy atom. The lowest BCUT2D eigenvalue weighted by molar-refractivity contribution is -0.123. The number of aliphatic hydroxyl groups excluding tert-OH is 1. The van der Waals surface area contributed by atoms with Crippen LogP contribution in [0.4, 0.5) is 19.3 Å². The van der Waals surface area contributed by atoms with Crippen LogP contribution >= 0.6 is 0 Å². The molecule has 1 aromatic heterocycles. The Bertz CT molecular complexity index is 1480. The molecule has 4 heterocycles. The molecule has 10 nitrogen and oxygen atoms in total. The van der Waals surface area contributed by atoms with Crippen LogP contribution in [-0.2, 0) is 26.1 Å². The summed E-state index contributed by atoms with van der Waals surface area (Å²) in [5.41, 5.74) is 0.997. The Morgan fingerprint density at radius 2 is 1.89 bits per heavy atom. The molecule has 3 aliphatic rings. The fraction of sp³-hybridized carbons (Fsp3) is 0.629.